The quantitative estimate of drug-likeness (QED) is 0.796. The van der Waals surface area contributed by atoms with Gasteiger partial charge >= 0.3 is 0 Å². The summed E-state index contributed by atoms with van der Waals surface area (Å²) in [6.45, 7) is 3.34. The van der Waals surface area contributed by atoms with Crippen LogP contribution in [0.1, 0.15) is 37.7 Å². The summed E-state index contributed by atoms with van der Waals surface area (Å²) < 4.78 is 11.9. The fraction of sp³-hybridized carbons (Fsp3) is 0.650. The third-order valence-electron chi connectivity index (χ3n) is 7.66. The zero-order valence-electron chi connectivity index (χ0n) is 14.3. The van der Waals surface area contributed by atoms with Crippen LogP contribution in [0.4, 0.5) is 5.69 Å². The number of para-hydroxylation sites is 1. The third-order valence-corrected chi connectivity index (χ3v) is 7.66. The van der Waals surface area contributed by atoms with E-state index in [0.717, 1.165) is 24.5 Å². The van der Waals surface area contributed by atoms with Crippen molar-refractivity contribution >= 4 is 11.4 Å². The van der Waals surface area contributed by atoms with E-state index in [-0.39, 0.29) is 5.41 Å². The number of benzene rings is 1. The molecule has 1 aromatic rings. The molecule has 24 heavy (non-hydrogen) atoms. The minimum absolute atomic E-state index is 0.120. The molecule has 4 heterocycles. The van der Waals surface area contributed by atoms with Gasteiger partial charge in [0.1, 0.15) is 11.4 Å². The molecule has 5 aliphatic rings. The SMILES string of the molecule is COc1cccc2c1N=C1CC[C@]34CCO[C@@H]3CCN3CC[C@@]12[C@@H]34. The molecular formula is C20H24N2O2. The number of fused-ring (bicyclic) bond motifs is 1. The number of piperidine rings is 1. The van der Waals surface area contributed by atoms with Crippen LogP contribution in [0.15, 0.2) is 23.2 Å². The summed E-state index contributed by atoms with van der Waals surface area (Å²) in [6, 6.07) is 7.10. The van der Waals surface area contributed by atoms with Gasteiger partial charge in [-0.1, -0.05) is 12.1 Å². The Morgan fingerprint density at radius 1 is 1.25 bits per heavy atom. The predicted molar refractivity (Wildman–Crippen MR) is 92.4 cm³/mol. The van der Waals surface area contributed by atoms with Crippen molar-refractivity contribution in [2.75, 3.05) is 26.8 Å². The maximum atomic E-state index is 6.23. The smallest absolute Gasteiger partial charge is 0.144 e. The molecule has 0 radical (unpaired) electrons. The molecule has 3 saturated heterocycles. The summed E-state index contributed by atoms with van der Waals surface area (Å²) in [7, 11) is 1.76. The molecule has 0 amide bonds. The lowest BCUT2D eigenvalue weighted by atomic mass is 9.52. The molecule has 6 rings (SSSR count). The molecular weight excluding hydrogens is 300 g/mol. The van der Waals surface area contributed by atoms with Gasteiger partial charge < -0.3 is 9.47 Å². The molecule has 4 fully saturated rings. The van der Waals surface area contributed by atoms with E-state index in [1.54, 1.807) is 7.11 Å². The Bertz CT molecular complexity index is 760. The van der Waals surface area contributed by atoms with Crippen molar-refractivity contribution in [3.63, 3.8) is 0 Å². The van der Waals surface area contributed by atoms with Crippen molar-refractivity contribution in [1.29, 1.82) is 0 Å². The van der Waals surface area contributed by atoms with Gasteiger partial charge in [0.05, 0.1) is 18.6 Å². The van der Waals surface area contributed by atoms with Crippen molar-refractivity contribution in [2.45, 2.75) is 49.7 Å². The number of aliphatic imine (C=N–C) groups is 1. The van der Waals surface area contributed by atoms with Gasteiger partial charge in [-0.15, -0.1) is 0 Å². The van der Waals surface area contributed by atoms with E-state index in [4.69, 9.17) is 14.5 Å². The average Bonchev–Trinajstić information content (AvgIpc) is 3.29. The summed E-state index contributed by atoms with van der Waals surface area (Å²) in [6.07, 6.45) is 6.49. The first-order valence-electron chi connectivity index (χ1n) is 9.41. The third kappa shape index (κ3) is 1.35. The lowest BCUT2D eigenvalue weighted by Crippen LogP contribution is -2.65. The van der Waals surface area contributed by atoms with Gasteiger partial charge in [0.25, 0.3) is 0 Å². The van der Waals surface area contributed by atoms with Crippen LogP contribution in [0.3, 0.4) is 0 Å². The van der Waals surface area contributed by atoms with Crippen LogP contribution in [-0.4, -0.2) is 49.6 Å². The van der Waals surface area contributed by atoms with Gasteiger partial charge in [-0.3, -0.25) is 9.89 Å². The van der Waals surface area contributed by atoms with Crippen molar-refractivity contribution in [3.8, 4) is 5.75 Å². The first-order chi connectivity index (χ1) is 11.8. The van der Waals surface area contributed by atoms with E-state index in [1.807, 2.05) is 0 Å². The van der Waals surface area contributed by atoms with Crippen LogP contribution in [0.25, 0.3) is 0 Å². The molecule has 4 heteroatoms. The topological polar surface area (TPSA) is 34.1 Å². The summed E-state index contributed by atoms with van der Waals surface area (Å²) >= 11 is 0. The van der Waals surface area contributed by atoms with Gasteiger partial charge in [0, 0.05) is 30.3 Å². The van der Waals surface area contributed by atoms with Gasteiger partial charge in [-0.2, -0.15) is 0 Å². The molecule has 4 nitrogen and oxygen atoms in total. The lowest BCUT2D eigenvalue weighted by molar-refractivity contribution is -0.0635. The van der Waals surface area contributed by atoms with E-state index in [1.165, 1.54) is 50.0 Å². The van der Waals surface area contributed by atoms with E-state index in [0.29, 0.717) is 17.6 Å². The normalized spacial score (nSPS) is 42.1. The van der Waals surface area contributed by atoms with Crippen molar-refractivity contribution in [2.24, 2.45) is 10.4 Å². The van der Waals surface area contributed by atoms with Crippen molar-refractivity contribution in [3.05, 3.63) is 23.8 Å². The highest BCUT2D eigenvalue weighted by atomic mass is 16.5. The number of nitrogens with zero attached hydrogens (tertiary/aromatic N) is 2. The summed E-state index contributed by atoms with van der Waals surface area (Å²) in [4.78, 5) is 7.91. The Morgan fingerprint density at radius 2 is 2.21 bits per heavy atom. The van der Waals surface area contributed by atoms with E-state index in [2.05, 4.69) is 23.1 Å². The summed E-state index contributed by atoms with van der Waals surface area (Å²) in [5.41, 5.74) is 4.42. The second-order valence-electron chi connectivity index (χ2n) is 8.21. The minimum Gasteiger partial charge on any atom is -0.494 e. The standard InChI is InChI=1S/C20H24N2O2/c1-23-14-4-2-3-13-17(14)21-15-5-7-19-9-12-24-16(19)6-10-22-11-8-20(13,15)18(19)22/h2-4,16,18H,5-12H2,1H3/t16-,18+,19+,20+/m1/s1. The fourth-order valence-corrected chi connectivity index (χ4v) is 6.87. The van der Waals surface area contributed by atoms with Gasteiger partial charge in [-0.05, 0) is 50.3 Å². The largest absolute Gasteiger partial charge is 0.494 e. The zero-order valence-corrected chi connectivity index (χ0v) is 14.3. The first-order valence-corrected chi connectivity index (χ1v) is 9.41. The molecule has 4 aliphatic heterocycles. The number of ether oxygens (including phenoxy) is 2. The predicted octanol–water partition coefficient (Wildman–Crippen LogP) is 3.07. The van der Waals surface area contributed by atoms with Crippen LogP contribution in [0.5, 0.6) is 5.75 Å². The Hall–Kier alpha value is -1.39. The number of rotatable bonds is 1. The molecule has 4 atom stereocenters. The van der Waals surface area contributed by atoms with Crippen molar-refractivity contribution < 1.29 is 9.47 Å². The van der Waals surface area contributed by atoms with Gasteiger partial charge in [0.2, 0.25) is 0 Å². The van der Waals surface area contributed by atoms with Crippen LogP contribution in [0.2, 0.25) is 0 Å². The minimum atomic E-state index is 0.120. The highest BCUT2D eigenvalue weighted by Gasteiger charge is 2.69. The van der Waals surface area contributed by atoms with E-state index >= 15 is 0 Å². The number of hydrogen-bond acceptors (Lipinski definition) is 4. The highest BCUT2D eigenvalue weighted by molar-refractivity contribution is 6.04. The average molecular weight is 324 g/mol. The molecule has 1 aromatic carbocycles. The second kappa shape index (κ2) is 4.41. The van der Waals surface area contributed by atoms with Crippen LogP contribution in [0, 0.1) is 5.41 Å². The number of hydrogen-bond donors (Lipinski definition) is 0. The van der Waals surface area contributed by atoms with Crippen LogP contribution in [-0.2, 0) is 10.2 Å². The molecule has 0 N–H and O–H groups in total. The first kappa shape index (κ1) is 13.9. The van der Waals surface area contributed by atoms with Gasteiger partial charge in [-0.25, -0.2) is 0 Å². The monoisotopic (exact) mass is 324 g/mol. The lowest BCUT2D eigenvalue weighted by Gasteiger charge is -2.56. The van der Waals surface area contributed by atoms with Crippen LogP contribution < -0.4 is 4.74 Å². The number of methoxy groups -OCH3 is 1. The molecule has 2 spiro atoms. The Labute approximate surface area is 142 Å². The fourth-order valence-electron chi connectivity index (χ4n) is 6.87. The van der Waals surface area contributed by atoms with Crippen LogP contribution >= 0.6 is 0 Å². The maximum Gasteiger partial charge on any atom is 0.144 e. The molecule has 0 bridgehead atoms. The summed E-state index contributed by atoms with van der Waals surface area (Å²) in [5.74, 6) is 0.936. The van der Waals surface area contributed by atoms with E-state index in [9.17, 15) is 0 Å². The Balaban J connectivity index is 1.60. The molecule has 126 valence electrons. The Kier molecular flexibility index (Phi) is 2.55. The van der Waals surface area contributed by atoms with E-state index < -0.39 is 0 Å². The molecule has 1 saturated carbocycles. The summed E-state index contributed by atoms with van der Waals surface area (Å²) in [5, 5.41) is 0. The highest BCUT2D eigenvalue weighted by Crippen LogP contribution is 2.65. The second-order valence-corrected chi connectivity index (χ2v) is 8.21. The molecule has 0 unspecified atom stereocenters. The van der Waals surface area contributed by atoms with Crippen molar-refractivity contribution in [1.82, 2.24) is 4.90 Å². The molecule has 0 aromatic heterocycles. The van der Waals surface area contributed by atoms with Gasteiger partial charge in [0.15, 0.2) is 0 Å². The molecule has 1 aliphatic carbocycles. The zero-order chi connectivity index (χ0) is 15.9. The Morgan fingerprint density at radius 3 is 3.12 bits per heavy atom. The maximum absolute atomic E-state index is 6.23.